The number of ether oxygens (including phenoxy) is 2. The molecular weight excluding hydrogens is 520 g/mol. The van der Waals surface area contributed by atoms with E-state index in [1.165, 1.54) is 11.6 Å². The van der Waals surface area contributed by atoms with Crippen molar-refractivity contribution in [2.75, 3.05) is 40.0 Å². The number of guanidine groups is 1. The Bertz CT molecular complexity index is 829. The minimum absolute atomic E-state index is 0. The molecule has 1 saturated heterocycles. The smallest absolute Gasteiger partial charge is 0.191 e. The monoisotopic (exact) mass is 555 g/mol. The lowest BCUT2D eigenvalue weighted by Crippen LogP contribution is -2.48. The van der Waals surface area contributed by atoms with Crippen LogP contribution in [0, 0.1) is 5.82 Å². The van der Waals surface area contributed by atoms with E-state index in [1.54, 1.807) is 19.2 Å². The first-order valence-electron chi connectivity index (χ1n) is 11.1. The first-order chi connectivity index (χ1) is 15.1. The summed E-state index contributed by atoms with van der Waals surface area (Å²) >= 11 is 0. The molecule has 1 aliphatic heterocycles. The molecule has 0 amide bonds. The zero-order valence-electron chi connectivity index (χ0n) is 19.0. The van der Waals surface area contributed by atoms with Gasteiger partial charge in [0.15, 0.2) is 5.96 Å². The molecule has 2 aromatic rings. The maximum absolute atomic E-state index is 13.9. The summed E-state index contributed by atoms with van der Waals surface area (Å²) in [5.74, 6) is 0.550. The highest BCUT2D eigenvalue weighted by Crippen LogP contribution is 2.34. The SMILES string of the molecule is CN=C(NCCCOC(C)c1ccccc1)NCC1(c2cccc(F)c2)CCOCC1.I. The van der Waals surface area contributed by atoms with Crippen LogP contribution in [-0.4, -0.2) is 45.9 Å². The normalized spacial score (nSPS) is 16.7. The third-order valence-electron chi connectivity index (χ3n) is 5.96. The Balaban J connectivity index is 0.00000363. The van der Waals surface area contributed by atoms with E-state index in [0.29, 0.717) is 26.4 Å². The molecule has 1 atom stereocenters. The molecule has 1 fully saturated rings. The van der Waals surface area contributed by atoms with Gasteiger partial charge in [0.2, 0.25) is 0 Å². The minimum Gasteiger partial charge on any atom is -0.381 e. The Morgan fingerprint density at radius 1 is 1.12 bits per heavy atom. The van der Waals surface area contributed by atoms with Crippen molar-refractivity contribution in [3.63, 3.8) is 0 Å². The van der Waals surface area contributed by atoms with Crippen molar-refractivity contribution in [2.45, 2.75) is 37.7 Å². The Morgan fingerprint density at radius 2 is 1.88 bits per heavy atom. The van der Waals surface area contributed by atoms with Crippen LogP contribution < -0.4 is 10.6 Å². The predicted octanol–water partition coefficient (Wildman–Crippen LogP) is 4.82. The highest BCUT2D eigenvalue weighted by Gasteiger charge is 2.34. The zero-order chi connectivity index (χ0) is 21.9. The molecule has 0 radical (unpaired) electrons. The first-order valence-corrected chi connectivity index (χ1v) is 11.1. The van der Waals surface area contributed by atoms with Gasteiger partial charge in [-0.1, -0.05) is 42.5 Å². The molecule has 1 heterocycles. The molecule has 1 unspecified atom stereocenters. The van der Waals surface area contributed by atoms with Crippen LogP contribution in [-0.2, 0) is 14.9 Å². The molecule has 5 nitrogen and oxygen atoms in total. The van der Waals surface area contributed by atoms with Gasteiger partial charge in [-0.05, 0) is 49.4 Å². The quantitative estimate of drug-likeness (QED) is 0.202. The third kappa shape index (κ3) is 7.71. The predicted molar refractivity (Wildman–Crippen MR) is 138 cm³/mol. The first kappa shape index (κ1) is 26.5. The summed E-state index contributed by atoms with van der Waals surface area (Å²) in [7, 11) is 1.77. The highest BCUT2D eigenvalue weighted by atomic mass is 127. The van der Waals surface area contributed by atoms with E-state index in [2.05, 4.69) is 34.7 Å². The minimum atomic E-state index is -0.199. The van der Waals surface area contributed by atoms with E-state index >= 15 is 0 Å². The largest absolute Gasteiger partial charge is 0.381 e. The van der Waals surface area contributed by atoms with Gasteiger partial charge in [-0.2, -0.15) is 0 Å². The van der Waals surface area contributed by atoms with Gasteiger partial charge in [0.25, 0.3) is 0 Å². The number of hydrogen-bond donors (Lipinski definition) is 2. The summed E-state index contributed by atoms with van der Waals surface area (Å²) in [6, 6.07) is 17.2. The second kappa shape index (κ2) is 13.7. The van der Waals surface area contributed by atoms with Crippen molar-refractivity contribution in [3.8, 4) is 0 Å². The average molecular weight is 555 g/mol. The number of rotatable bonds is 9. The number of hydrogen-bond acceptors (Lipinski definition) is 3. The van der Waals surface area contributed by atoms with Crippen LogP contribution in [0.1, 0.15) is 43.4 Å². The van der Waals surface area contributed by atoms with E-state index in [-0.39, 0.29) is 41.3 Å². The fourth-order valence-corrected chi connectivity index (χ4v) is 3.98. The lowest BCUT2D eigenvalue weighted by Gasteiger charge is -2.38. The average Bonchev–Trinajstić information content (AvgIpc) is 2.82. The van der Waals surface area contributed by atoms with Gasteiger partial charge in [-0.15, -0.1) is 24.0 Å². The molecule has 0 saturated carbocycles. The van der Waals surface area contributed by atoms with Crippen molar-refractivity contribution in [1.29, 1.82) is 0 Å². The second-order valence-corrected chi connectivity index (χ2v) is 8.03. The standard InChI is InChI=1S/C25H34FN3O2.HI/c1-20(21-8-4-3-5-9-21)31-15-7-14-28-24(27-2)29-19-25(12-16-30-17-13-25)22-10-6-11-23(26)18-22;/h3-6,8-11,18,20H,7,12-17,19H2,1-2H3,(H2,27,28,29);1H. The summed E-state index contributed by atoms with van der Waals surface area (Å²) in [6.45, 7) is 5.55. The lowest BCUT2D eigenvalue weighted by atomic mass is 9.74. The summed E-state index contributed by atoms with van der Waals surface area (Å²) in [4.78, 5) is 4.34. The van der Waals surface area contributed by atoms with Gasteiger partial charge in [-0.25, -0.2) is 4.39 Å². The van der Waals surface area contributed by atoms with Crippen molar-refractivity contribution >= 4 is 29.9 Å². The van der Waals surface area contributed by atoms with Crippen LogP contribution in [0.15, 0.2) is 59.6 Å². The van der Waals surface area contributed by atoms with E-state index in [4.69, 9.17) is 9.47 Å². The van der Waals surface area contributed by atoms with Gasteiger partial charge >= 0.3 is 0 Å². The Kier molecular flexibility index (Phi) is 11.4. The topological polar surface area (TPSA) is 54.9 Å². The van der Waals surface area contributed by atoms with Crippen LogP contribution in [0.2, 0.25) is 0 Å². The van der Waals surface area contributed by atoms with Crippen LogP contribution in [0.3, 0.4) is 0 Å². The molecule has 0 aliphatic carbocycles. The van der Waals surface area contributed by atoms with Crippen LogP contribution in [0.25, 0.3) is 0 Å². The van der Waals surface area contributed by atoms with Crippen molar-refractivity contribution in [3.05, 3.63) is 71.5 Å². The van der Waals surface area contributed by atoms with Crippen LogP contribution in [0.4, 0.5) is 4.39 Å². The molecule has 7 heteroatoms. The Hall–Kier alpha value is -1.71. The van der Waals surface area contributed by atoms with E-state index in [1.807, 2.05) is 24.3 Å². The second-order valence-electron chi connectivity index (χ2n) is 8.03. The molecule has 3 rings (SSSR count). The fourth-order valence-electron chi connectivity index (χ4n) is 3.98. The summed E-state index contributed by atoms with van der Waals surface area (Å²) in [6.07, 6.45) is 2.66. The molecule has 2 aromatic carbocycles. The number of aliphatic imine (C=N–C) groups is 1. The zero-order valence-corrected chi connectivity index (χ0v) is 21.3. The van der Waals surface area contributed by atoms with E-state index < -0.39 is 0 Å². The Labute approximate surface area is 208 Å². The number of nitrogens with zero attached hydrogens (tertiary/aromatic N) is 1. The molecule has 32 heavy (non-hydrogen) atoms. The summed E-state index contributed by atoms with van der Waals surface area (Å²) < 4.78 is 25.4. The van der Waals surface area contributed by atoms with Gasteiger partial charge in [-0.3, -0.25) is 4.99 Å². The van der Waals surface area contributed by atoms with Gasteiger partial charge in [0.1, 0.15) is 5.82 Å². The molecule has 0 aromatic heterocycles. The molecule has 176 valence electrons. The van der Waals surface area contributed by atoms with E-state index in [0.717, 1.165) is 37.3 Å². The molecule has 1 aliphatic rings. The summed E-state index contributed by atoms with van der Waals surface area (Å²) in [5, 5.41) is 6.80. The highest BCUT2D eigenvalue weighted by molar-refractivity contribution is 14.0. The maximum Gasteiger partial charge on any atom is 0.191 e. The molecule has 2 N–H and O–H groups in total. The molecule has 0 spiro atoms. The molecular formula is C25H35FIN3O2. The Morgan fingerprint density at radius 3 is 2.56 bits per heavy atom. The molecule has 0 bridgehead atoms. The lowest BCUT2D eigenvalue weighted by molar-refractivity contribution is 0.0512. The van der Waals surface area contributed by atoms with E-state index in [9.17, 15) is 4.39 Å². The third-order valence-corrected chi connectivity index (χ3v) is 5.96. The van der Waals surface area contributed by atoms with Gasteiger partial charge in [0.05, 0.1) is 6.10 Å². The summed E-state index contributed by atoms with van der Waals surface area (Å²) in [5.41, 5.74) is 2.04. The maximum atomic E-state index is 13.9. The van der Waals surface area contributed by atoms with Crippen LogP contribution in [0.5, 0.6) is 0 Å². The number of halogens is 2. The van der Waals surface area contributed by atoms with Crippen molar-refractivity contribution in [2.24, 2.45) is 4.99 Å². The number of nitrogens with one attached hydrogen (secondary N) is 2. The number of benzene rings is 2. The van der Waals surface area contributed by atoms with Crippen molar-refractivity contribution < 1.29 is 13.9 Å². The van der Waals surface area contributed by atoms with Crippen LogP contribution >= 0.6 is 24.0 Å². The van der Waals surface area contributed by atoms with Gasteiger partial charge in [0, 0.05) is 45.4 Å². The van der Waals surface area contributed by atoms with Crippen molar-refractivity contribution in [1.82, 2.24) is 10.6 Å². The fraction of sp³-hybridized carbons (Fsp3) is 0.480. The van der Waals surface area contributed by atoms with Gasteiger partial charge < -0.3 is 20.1 Å².